The van der Waals surface area contributed by atoms with E-state index in [4.69, 9.17) is 11.6 Å². The molecule has 2 N–H and O–H groups in total. The first-order chi connectivity index (χ1) is 11.5. The molecule has 0 aliphatic rings. The summed E-state index contributed by atoms with van der Waals surface area (Å²) in [5.74, 6) is -0.754. The van der Waals surface area contributed by atoms with Crippen LogP contribution in [-0.2, 0) is 4.79 Å². The smallest absolute Gasteiger partial charge is 0.305 e. The molecule has 0 saturated carbocycles. The molecule has 0 amide bonds. The summed E-state index contributed by atoms with van der Waals surface area (Å²) in [6, 6.07) is 3.49. The number of halogens is 2. The summed E-state index contributed by atoms with van der Waals surface area (Å²) in [5, 5.41) is 20.5. The normalized spacial score (nSPS) is 12.6. The number of hydrogen-bond donors (Lipinski definition) is 2. The van der Waals surface area contributed by atoms with Crippen molar-refractivity contribution >= 4 is 44.4 Å². The Morgan fingerprint density at radius 2 is 2.00 bits per heavy atom. The van der Waals surface area contributed by atoms with Gasteiger partial charge in [0, 0.05) is 16.7 Å². The maximum Gasteiger partial charge on any atom is 0.305 e. The monoisotopic (exact) mass is 415 g/mol. The Bertz CT molecular complexity index is 714. The average Bonchev–Trinajstić information content (AvgIpc) is 2.86. The van der Waals surface area contributed by atoms with E-state index in [9.17, 15) is 15.0 Å². The molecule has 0 saturated heterocycles. The lowest BCUT2D eigenvalue weighted by atomic mass is 10.0. The first kappa shape index (κ1) is 19.1. The fourth-order valence-corrected chi connectivity index (χ4v) is 3.68. The Labute approximate surface area is 155 Å². The summed E-state index contributed by atoms with van der Waals surface area (Å²) in [6.45, 7) is 2.17. The van der Waals surface area contributed by atoms with Crippen LogP contribution in [0.2, 0.25) is 5.02 Å². The van der Waals surface area contributed by atoms with Crippen LogP contribution in [0.15, 0.2) is 22.8 Å². The van der Waals surface area contributed by atoms with Crippen molar-refractivity contribution in [2.75, 3.05) is 0 Å². The second kappa shape index (κ2) is 8.77. The van der Waals surface area contributed by atoms with E-state index >= 15 is 0 Å². The van der Waals surface area contributed by atoms with Gasteiger partial charge in [0.15, 0.2) is 0 Å². The molecule has 0 aliphatic carbocycles. The number of carboxylic acid groups (broad SMARTS) is 1. The predicted octanol–water partition coefficient (Wildman–Crippen LogP) is 6.14. The van der Waals surface area contributed by atoms with Crippen LogP contribution in [0.1, 0.15) is 57.9 Å². The van der Waals surface area contributed by atoms with E-state index < -0.39 is 5.97 Å². The number of aromatic hydroxyl groups is 1. The van der Waals surface area contributed by atoms with Crippen molar-refractivity contribution in [2.24, 2.45) is 0 Å². The standard InChI is InChI=1S/C18H23BrClNO3/c1-2-3-4-5-6-7-12(10-16(23)24)21-11-15(22)17-14(21)9-8-13(19)18(17)20/h8-9,11-12,22H,2-7,10H2,1H3,(H,23,24). The third-order valence-electron chi connectivity index (χ3n) is 4.31. The Morgan fingerprint density at radius 1 is 1.29 bits per heavy atom. The van der Waals surface area contributed by atoms with E-state index in [-0.39, 0.29) is 18.2 Å². The van der Waals surface area contributed by atoms with E-state index in [0.717, 1.165) is 24.8 Å². The van der Waals surface area contributed by atoms with E-state index in [2.05, 4.69) is 22.9 Å². The molecule has 1 atom stereocenters. The van der Waals surface area contributed by atoms with Crippen LogP contribution in [-0.4, -0.2) is 20.7 Å². The summed E-state index contributed by atoms with van der Waals surface area (Å²) in [4.78, 5) is 11.3. The van der Waals surface area contributed by atoms with E-state index in [1.165, 1.54) is 19.3 Å². The fourth-order valence-electron chi connectivity index (χ4n) is 3.09. The van der Waals surface area contributed by atoms with Crippen LogP contribution < -0.4 is 0 Å². The number of rotatable bonds is 9. The molecule has 0 aliphatic heterocycles. The lowest BCUT2D eigenvalue weighted by Gasteiger charge is -2.18. The third-order valence-corrected chi connectivity index (χ3v) is 5.59. The molecule has 0 radical (unpaired) electrons. The van der Waals surface area contributed by atoms with Gasteiger partial charge in [0.2, 0.25) is 0 Å². The molecule has 6 heteroatoms. The Balaban J connectivity index is 2.27. The van der Waals surface area contributed by atoms with Gasteiger partial charge in [-0.1, -0.05) is 50.6 Å². The van der Waals surface area contributed by atoms with Gasteiger partial charge in [-0.25, -0.2) is 0 Å². The zero-order valence-electron chi connectivity index (χ0n) is 13.8. The number of carboxylic acids is 1. The van der Waals surface area contributed by atoms with Gasteiger partial charge in [0.1, 0.15) is 5.75 Å². The van der Waals surface area contributed by atoms with Crippen molar-refractivity contribution in [3.8, 4) is 5.75 Å². The number of hydrogen-bond acceptors (Lipinski definition) is 2. The van der Waals surface area contributed by atoms with Crippen LogP contribution in [0.5, 0.6) is 5.75 Å². The maximum absolute atomic E-state index is 11.3. The molecule has 0 fully saturated rings. The van der Waals surface area contributed by atoms with Crippen molar-refractivity contribution in [1.29, 1.82) is 0 Å². The summed E-state index contributed by atoms with van der Waals surface area (Å²) < 4.78 is 2.57. The highest BCUT2D eigenvalue weighted by molar-refractivity contribution is 9.10. The lowest BCUT2D eigenvalue weighted by Crippen LogP contribution is -2.13. The van der Waals surface area contributed by atoms with Crippen molar-refractivity contribution in [2.45, 2.75) is 57.9 Å². The second-order valence-corrected chi connectivity index (χ2v) is 7.36. The summed E-state index contributed by atoms with van der Waals surface area (Å²) in [6.07, 6.45) is 8.04. The SMILES string of the molecule is CCCCCCCC(CC(=O)O)n1cc(O)c2c(Cl)c(Br)ccc21. The zero-order valence-corrected chi connectivity index (χ0v) is 16.1. The molecule has 0 bridgehead atoms. The van der Waals surface area contributed by atoms with Gasteiger partial charge in [0.05, 0.1) is 22.3 Å². The molecular formula is C18H23BrClNO3. The van der Waals surface area contributed by atoms with Crippen LogP contribution in [0, 0.1) is 0 Å². The Hall–Kier alpha value is -1.20. The molecule has 2 rings (SSSR count). The van der Waals surface area contributed by atoms with Gasteiger partial charge in [0.25, 0.3) is 0 Å². The molecule has 2 aromatic rings. The Kier molecular flexibility index (Phi) is 6.99. The van der Waals surface area contributed by atoms with Gasteiger partial charge in [-0.2, -0.15) is 0 Å². The highest BCUT2D eigenvalue weighted by atomic mass is 79.9. The minimum atomic E-state index is -0.835. The first-order valence-electron chi connectivity index (χ1n) is 8.35. The molecule has 0 spiro atoms. The van der Waals surface area contributed by atoms with E-state index in [1.54, 1.807) is 6.20 Å². The molecule has 1 aromatic heterocycles. The molecule has 4 nitrogen and oxygen atoms in total. The van der Waals surface area contributed by atoms with Crippen molar-refractivity contribution in [3.63, 3.8) is 0 Å². The zero-order chi connectivity index (χ0) is 17.7. The van der Waals surface area contributed by atoms with Gasteiger partial charge < -0.3 is 14.8 Å². The largest absolute Gasteiger partial charge is 0.506 e. The first-order valence-corrected chi connectivity index (χ1v) is 9.52. The van der Waals surface area contributed by atoms with Gasteiger partial charge in [-0.15, -0.1) is 0 Å². The second-order valence-electron chi connectivity index (χ2n) is 6.13. The molecular weight excluding hydrogens is 394 g/mol. The number of aromatic nitrogens is 1. The van der Waals surface area contributed by atoms with E-state index in [0.29, 0.717) is 14.9 Å². The number of benzene rings is 1. The van der Waals surface area contributed by atoms with Crippen molar-refractivity contribution in [1.82, 2.24) is 4.57 Å². The van der Waals surface area contributed by atoms with Crippen LogP contribution in [0.3, 0.4) is 0 Å². The third kappa shape index (κ3) is 4.45. The molecule has 24 heavy (non-hydrogen) atoms. The predicted molar refractivity (Wildman–Crippen MR) is 101 cm³/mol. The quantitative estimate of drug-likeness (QED) is 0.483. The molecule has 1 aromatic carbocycles. The number of aliphatic carboxylic acids is 1. The lowest BCUT2D eigenvalue weighted by molar-refractivity contribution is -0.137. The molecule has 1 unspecified atom stereocenters. The van der Waals surface area contributed by atoms with Crippen LogP contribution >= 0.6 is 27.5 Å². The number of carbonyl (C=O) groups is 1. The van der Waals surface area contributed by atoms with Crippen LogP contribution in [0.4, 0.5) is 0 Å². The maximum atomic E-state index is 11.3. The molecule has 1 heterocycles. The summed E-state index contributed by atoms with van der Waals surface area (Å²) >= 11 is 9.64. The number of fused-ring (bicyclic) bond motifs is 1. The number of unbranched alkanes of at least 4 members (excludes halogenated alkanes) is 4. The summed E-state index contributed by atoms with van der Waals surface area (Å²) in [5.41, 5.74) is 0.764. The van der Waals surface area contributed by atoms with Gasteiger partial charge in [-0.3, -0.25) is 4.79 Å². The number of nitrogens with zero attached hydrogens (tertiary/aromatic N) is 1. The minimum Gasteiger partial charge on any atom is -0.506 e. The molecule has 132 valence electrons. The minimum absolute atomic E-state index is 0.0324. The topological polar surface area (TPSA) is 62.5 Å². The van der Waals surface area contributed by atoms with Gasteiger partial charge >= 0.3 is 5.97 Å². The highest BCUT2D eigenvalue weighted by Gasteiger charge is 2.21. The van der Waals surface area contributed by atoms with Crippen molar-refractivity contribution in [3.05, 3.63) is 27.8 Å². The highest BCUT2D eigenvalue weighted by Crippen LogP contribution is 2.40. The van der Waals surface area contributed by atoms with Crippen LogP contribution in [0.25, 0.3) is 10.9 Å². The van der Waals surface area contributed by atoms with E-state index in [1.807, 2.05) is 16.7 Å². The Morgan fingerprint density at radius 3 is 2.67 bits per heavy atom. The van der Waals surface area contributed by atoms with Gasteiger partial charge in [-0.05, 0) is 34.5 Å². The average molecular weight is 417 g/mol. The van der Waals surface area contributed by atoms with Crippen molar-refractivity contribution < 1.29 is 15.0 Å². The summed E-state index contributed by atoms with van der Waals surface area (Å²) in [7, 11) is 0. The fraction of sp³-hybridized carbons (Fsp3) is 0.500.